The fourth-order valence-corrected chi connectivity index (χ4v) is 3.49. The van der Waals surface area contributed by atoms with Gasteiger partial charge in [-0.25, -0.2) is 4.39 Å². The number of hydrogen-bond donors (Lipinski definition) is 3. The van der Waals surface area contributed by atoms with Crippen LogP contribution in [-0.4, -0.2) is 30.3 Å². The van der Waals surface area contributed by atoms with Gasteiger partial charge in [-0.15, -0.1) is 11.8 Å². The maximum atomic E-state index is 14.7. The van der Waals surface area contributed by atoms with E-state index in [0.29, 0.717) is 34.1 Å². The molecule has 3 aromatic rings. The zero-order valence-electron chi connectivity index (χ0n) is 13.6. The molecule has 1 heterocycles. The van der Waals surface area contributed by atoms with Gasteiger partial charge in [-0.3, -0.25) is 5.41 Å². The first kappa shape index (κ1) is 17.3. The lowest BCUT2D eigenvalue weighted by molar-refractivity contribution is 0.218. The van der Waals surface area contributed by atoms with E-state index in [2.05, 4.69) is 4.98 Å². The van der Waals surface area contributed by atoms with E-state index in [1.54, 1.807) is 37.6 Å². The molecule has 0 spiro atoms. The van der Waals surface area contributed by atoms with Gasteiger partial charge < -0.3 is 20.2 Å². The summed E-state index contributed by atoms with van der Waals surface area (Å²) in [6.45, 7) is 0.548. The normalized spacial score (nSPS) is 11.0. The molecular weight excluding hydrogens is 341 g/mol. The average molecular weight is 359 g/mol. The van der Waals surface area contributed by atoms with Crippen LogP contribution in [0.3, 0.4) is 0 Å². The van der Waals surface area contributed by atoms with Crippen LogP contribution in [0.4, 0.5) is 4.39 Å². The Kier molecular flexibility index (Phi) is 5.25. The van der Waals surface area contributed by atoms with E-state index in [0.717, 1.165) is 5.39 Å². The number of aromatic amines is 1. The van der Waals surface area contributed by atoms with E-state index in [9.17, 15) is 4.39 Å². The van der Waals surface area contributed by atoms with Gasteiger partial charge in [0.05, 0.1) is 11.5 Å². The van der Waals surface area contributed by atoms with E-state index in [1.807, 2.05) is 6.07 Å². The highest BCUT2D eigenvalue weighted by Gasteiger charge is 2.17. The third-order valence-corrected chi connectivity index (χ3v) is 4.68. The quantitative estimate of drug-likeness (QED) is 0.256. The van der Waals surface area contributed by atoms with Crippen molar-refractivity contribution < 1.29 is 13.9 Å². The van der Waals surface area contributed by atoms with Gasteiger partial charge in [0.25, 0.3) is 0 Å². The van der Waals surface area contributed by atoms with Crippen LogP contribution < -0.4 is 10.5 Å². The molecule has 25 heavy (non-hydrogen) atoms. The standard InChI is InChI=1S/C18H18FN3O2S/c1-23-7-8-25-17-13-5-6-22-15(13)10-14(19)16(17)24-12-4-2-3-11(9-12)18(20)21/h2-6,9-10,22H,7-8H2,1H3,(H3,20,21). The van der Waals surface area contributed by atoms with Gasteiger partial charge in [-0.1, -0.05) is 12.1 Å². The highest BCUT2D eigenvalue weighted by Crippen LogP contribution is 2.40. The highest BCUT2D eigenvalue weighted by atomic mass is 32.2. The van der Waals surface area contributed by atoms with Crippen molar-refractivity contribution in [2.45, 2.75) is 4.90 Å². The first-order valence-corrected chi connectivity index (χ1v) is 8.62. The van der Waals surface area contributed by atoms with Crippen LogP contribution in [0.5, 0.6) is 11.5 Å². The Morgan fingerprint density at radius 1 is 1.32 bits per heavy atom. The fourth-order valence-electron chi connectivity index (χ4n) is 2.43. The molecule has 3 rings (SSSR count). The van der Waals surface area contributed by atoms with Crippen molar-refractivity contribution in [2.24, 2.45) is 5.73 Å². The molecule has 0 atom stereocenters. The van der Waals surface area contributed by atoms with E-state index < -0.39 is 5.82 Å². The van der Waals surface area contributed by atoms with Gasteiger partial charge in [0, 0.05) is 41.6 Å². The number of hydrogen-bond acceptors (Lipinski definition) is 4. The molecule has 0 fully saturated rings. The Bertz CT molecular complexity index is 910. The number of H-pyrrole nitrogens is 1. The molecular formula is C18H18FN3O2S. The number of ether oxygens (including phenoxy) is 2. The van der Waals surface area contributed by atoms with Gasteiger partial charge in [0.15, 0.2) is 11.6 Å². The maximum absolute atomic E-state index is 14.7. The molecule has 1 aromatic heterocycles. The van der Waals surface area contributed by atoms with Crippen molar-refractivity contribution in [3.05, 3.63) is 54.0 Å². The van der Waals surface area contributed by atoms with Crippen LogP contribution in [-0.2, 0) is 4.74 Å². The van der Waals surface area contributed by atoms with Crippen LogP contribution >= 0.6 is 11.8 Å². The van der Waals surface area contributed by atoms with Crippen molar-refractivity contribution in [1.29, 1.82) is 5.41 Å². The van der Waals surface area contributed by atoms with Crippen molar-refractivity contribution in [3.8, 4) is 11.5 Å². The lowest BCUT2D eigenvalue weighted by Gasteiger charge is -2.14. The van der Waals surface area contributed by atoms with Crippen molar-refractivity contribution in [2.75, 3.05) is 19.5 Å². The molecule has 0 radical (unpaired) electrons. The summed E-state index contributed by atoms with van der Waals surface area (Å²) in [5.74, 6) is 0.734. The maximum Gasteiger partial charge on any atom is 0.177 e. The first-order valence-electron chi connectivity index (χ1n) is 7.64. The number of nitrogen functional groups attached to an aromatic ring is 1. The molecule has 0 bridgehead atoms. The number of nitrogens with one attached hydrogen (secondary N) is 2. The molecule has 0 aliphatic carbocycles. The number of thioether (sulfide) groups is 1. The van der Waals surface area contributed by atoms with Gasteiger partial charge in [-0.05, 0) is 18.2 Å². The number of methoxy groups -OCH3 is 1. The van der Waals surface area contributed by atoms with Crippen LogP contribution in [0.15, 0.2) is 47.5 Å². The molecule has 0 saturated heterocycles. The average Bonchev–Trinajstić information content (AvgIpc) is 3.05. The second kappa shape index (κ2) is 7.58. The van der Waals surface area contributed by atoms with Crippen LogP contribution in [0.25, 0.3) is 10.9 Å². The van der Waals surface area contributed by atoms with E-state index in [4.69, 9.17) is 20.6 Å². The van der Waals surface area contributed by atoms with Crippen molar-refractivity contribution in [3.63, 3.8) is 0 Å². The number of amidine groups is 1. The molecule has 2 aromatic carbocycles. The molecule has 0 saturated carbocycles. The Labute approximate surface area is 148 Å². The molecule has 7 heteroatoms. The number of halogens is 1. The fraction of sp³-hybridized carbons (Fsp3) is 0.167. The Morgan fingerprint density at radius 3 is 2.92 bits per heavy atom. The molecule has 0 unspecified atom stereocenters. The third-order valence-electron chi connectivity index (χ3n) is 3.62. The van der Waals surface area contributed by atoms with Gasteiger partial charge in [-0.2, -0.15) is 0 Å². The van der Waals surface area contributed by atoms with Gasteiger partial charge >= 0.3 is 0 Å². The lowest BCUT2D eigenvalue weighted by Crippen LogP contribution is -2.10. The Balaban J connectivity index is 2.01. The summed E-state index contributed by atoms with van der Waals surface area (Å²) in [7, 11) is 1.63. The monoisotopic (exact) mass is 359 g/mol. The molecule has 0 amide bonds. The summed E-state index contributed by atoms with van der Waals surface area (Å²) in [5.41, 5.74) is 6.74. The Morgan fingerprint density at radius 2 is 2.16 bits per heavy atom. The summed E-state index contributed by atoms with van der Waals surface area (Å²) in [5, 5.41) is 8.41. The predicted octanol–water partition coefficient (Wildman–Crippen LogP) is 4.12. The van der Waals surface area contributed by atoms with E-state index in [1.165, 1.54) is 17.8 Å². The Hall–Kier alpha value is -2.51. The first-order chi connectivity index (χ1) is 12.1. The zero-order valence-corrected chi connectivity index (χ0v) is 14.5. The van der Waals surface area contributed by atoms with Crippen LogP contribution in [0.2, 0.25) is 0 Å². The summed E-state index contributed by atoms with van der Waals surface area (Å²) < 4.78 is 25.6. The number of fused-ring (bicyclic) bond motifs is 1. The minimum Gasteiger partial charge on any atom is -0.453 e. The zero-order chi connectivity index (χ0) is 17.8. The van der Waals surface area contributed by atoms with Crippen LogP contribution in [0.1, 0.15) is 5.56 Å². The molecule has 0 aliphatic rings. The highest BCUT2D eigenvalue weighted by molar-refractivity contribution is 7.99. The third kappa shape index (κ3) is 3.78. The molecule has 5 nitrogen and oxygen atoms in total. The predicted molar refractivity (Wildman–Crippen MR) is 98.4 cm³/mol. The number of rotatable bonds is 7. The second-order valence-corrected chi connectivity index (χ2v) is 6.45. The van der Waals surface area contributed by atoms with E-state index in [-0.39, 0.29) is 11.6 Å². The number of nitrogens with two attached hydrogens (primary N) is 1. The molecule has 0 aliphatic heterocycles. The summed E-state index contributed by atoms with van der Waals surface area (Å²) in [4.78, 5) is 3.73. The SMILES string of the molecule is COCCSc1c(Oc2cccc(C(=N)N)c2)c(F)cc2[nH]ccc12. The largest absolute Gasteiger partial charge is 0.453 e. The van der Waals surface area contributed by atoms with Gasteiger partial charge in [0.2, 0.25) is 0 Å². The minimum atomic E-state index is -0.455. The topological polar surface area (TPSA) is 84.1 Å². The summed E-state index contributed by atoms with van der Waals surface area (Å²) in [6.07, 6.45) is 1.77. The summed E-state index contributed by atoms with van der Waals surface area (Å²) >= 11 is 1.47. The number of aromatic nitrogens is 1. The minimum absolute atomic E-state index is 0.0679. The van der Waals surface area contributed by atoms with Crippen LogP contribution in [0, 0.1) is 11.2 Å². The van der Waals surface area contributed by atoms with Crippen molar-refractivity contribution in [1.82, 2.24) is 4.98 Å². The van der Waals surface area contributed by atoms with E-state index >= 15 is 0 Å². The lowest BCUT2D eigenvalue weighted by atomic mass is 10.2. The van der Waals surface area contributed by atoms with Gasteiger partial charge in [0.1, 0.15) is 11.6 Å². The second-order valence-electron chi connectivity index (χ2n) is 5.34. The molecule has 4 N–H and O–H groups in total. The summed E-state index contributed by atoms with van der Waals surface area (Å²) in [6, 6.07) is 10.1. The molecule has 130 valence electrons. The smallest absolute Gasteiger partial charge is 0.177 e. The number of benzene rings is 2. The van der Waals surface area contributed by atoms with Crippen molar-refractivity contribution >= 4 is 28.5 Å².